The maximum absolute atomic E-state index is 12.7. The molecule has 7 heteroatoms. The molecule has 192 valence electrons. The Morgan fingerprint density at radius 3 is 2.50 bits per heavy atom. The van der Waals surface area contributed by atoms with Gasteiger partial charge in [-0.3, -0.25) is 0 Å². The zero-order chi connectivity index (χ0) is 24.9. The number of aryl methyl sites for hydroxylation is 1. The van der Waals surface area contributed by atoms with Gasteiger partial charge in [-0.05, 0) is 63.0 Å². The first-order valence-corrected chi connectivity index (χ1v) is 13.0. The summed E-state index contributed by atoms with van der Waals surface area (Å²) < 4.78 is 12.3. The quantitative estimate of drug-likeness (QED) is 0.344. The van der Waals surface area contributed by atoms with Gasteiger partial charge in [0.05, 0.1) is 31.0 Å². The molecule has 1 aliphatic rings. The SMILES string of the molecule is CCCCNC(=O)N(CCOC1CCCC(OCc2cccc(C)c2C(=O)O)C1)C(CC)CC. The zero-order valence-electron chi connectivity index (χ0n) is 21.5. The number of hydrogen-bond donors (Lipinski definition) is 2. The summed E-state index contributed by atoms with van der Waals surface area (Å²) in [6, 6.07) is 5.73. The molecule has 2 amide bonds. The lowest BCUT2D eigenvalue weighted by Gasteiger charge is -2.33. The van der Waals surface area contributed by atoms with Gasteiger partial charge in [0.1, 0.15) is 0 Å². The molecule has 0 radical (unpaired) electrons. The average Bonchev–Trinajstić information content (AvgIpc) is 2.82. The van der Waals surface area contributed by atoms with Crippen LogP contribution in [0.3, 0.4) is 0 Å². The van der Waals surface area contributed by atoms with E-state index < -0.39 is 5.97 Å². The number of carbonyl (C=O) groups excluding carboxylic acids is 1. The second-order valence-corrected chi connectivity index (χ2v) is 9.26. The second kappa shape index (κ2) is 15.0. The number of nitrogens with one attached hydrogen (secondary N) is 1. The topological polar surface area (TPSA) is 88.1 Å². The smallest absolute Gasteiger partial charge is 0.336 e. The van der Waals surface area contributed by atoms with E-state index in [-0.39, 0.29) is 24.3 Å². The van der Waals surface area contributed by atoms with Crippen molar-refractivity contribution in [2.24, 2.45) is 0 Å². The molecule has 2 unspecified atom stereocenters. The fourth-order valence-corrected chi connectivity index (χ4v) is 4.74. The van der Waals surface area contributed by atoms with Crippen LogP contribution >= 0.6 is 0 Å². The molecule has 2 N–H and O–H groups in total. The molecule has 0 spiro atoms. The molecular weight excluding hydrogens is 432 g/mol. The van der Waals surface area contributed by atoms with Gasteiger partial charge in [0.25, 0.3) is 0 Å². The van der Waals surface area contributed by atoms with Crippen LogP contribution in [0.4, 0.5) is 4.79 Å². The minimum Gasteiger partial charge on any atom is -0.478 e. The molecule has 2 atom stereocenters. The Bertz CT molecular complexity index is 765. The third-order valence-electron chi connectivity index (χ3n) is 6.76. The maximum atomic E-state index is 12.7. The van der Waals surface area contributed by atoms with Crippen LogP contribution in [-0.4, -0.2) is 60.0 Å². The number of ether oxygens (including phenoxy) is 2. The Morgan fingerprint density at radius 1 is 1.15 bits per heavy atom. The van der Waals surface area contributed by atoms with Crippen molar-refractivity contribution in [3.63, 3.8) is 0 Å². The number of nitrogens with zero attached hydrogens (tertiary/aromatic N) is 1. The number of aromatic carboxylic acids is 1. The van der Waals surface area contributed by atoms with Gasteiger partial charge < -0.3 is 24.8 Å². The van der Waals surface area contributed by atoms with Gasteiger partial charge in [-0.25, -0.2) is 9.59 Å². The Morgan fingerprint density at radius 2 is 1.85 bits per heavy atom. The number of urea groups is 1. The number of carboxylic acids is 1. The first-order valence-electron chi connectivity index (χ1n) is 13.0. The van der Waals surface area contributed by atoms with Gasteiger partial charge in [-0.15, -0.1) is 0 Å². The minimum absolute atomic E-state index is 0.00277. The fourth-order valence-electron chi connectivity index (χ4n) is 4.74. The van der Waals surface area contributed by atoms with Gasteiger partial charge in [0, 0.05) is 19.1 Å². The molecule has 0 saturated heterocycles. The highest BCUT2D eigenvalue weighted by Gasteiger charge is 2.25. The highest BCUT2D eigenvalue weighted by Crippen LogP contribution is 2.25. The van der Waals surface area contributed by atoms with E-state index in [1.165, 1.54) is 0 Å². The van der Waals surface area contributed by atoms with E-state index in [0.29, 0.717) is 37.4 Å². The van der Waals surface area contributed by atoms with Crippen LogP contribution in [0.1, 0.15) is 93.6 Å². The molecule has 1 saturated carbocycles. The number of carboxylic acid groups (broad SMARTS) is 1. The van der Waals surface area contributed by atoms with Crippen molar-refractivity contribution in [3.05, 3.63) is 34.9 Å². The summed E-state index contributed by atoms with van der Waals surface area (Å²) in [5.41, 5.74) is 1.80. The van der Waals surface area contributed by atoms with E-state index in [4.69, 9.17) is 9.47 Å². The molecule has 1 fully saturated rings. The third kappa shape index (κ3) is 8.58. The highest BCUT2D eigenvalue weighted by molar-refractivity contribution is 5.91. The monoisotopic (exact) mass is 476 g/mol. The lowest BCUT2D eigenvalue weighted by atomic mass is 9.94. The van der Waals surface area contributed by atoms with Crippen molar-refractivity contribution in [1.29, 1.82) is 0 Å². The van der Waals surface area contributed by atoms with Gasteiger partial charge in [0.2, 0.25) is 0 Å². The molecule has 0 aromatic heterocycles. The van der Waals surface area contributed by atoms with E-state index in [0.717, 1.165) is 56.9 Å². The van der Waals surface area contributed by atoms with Crippen molar-refractivity contribution in [2.75, 3.05) is 19.7 Å². The highest BCUT2D eigenvalue weighted by atomic mass is 16.5. The van der Waals surface area contributed by atoms with Crippen LogP contribution in [0.25, 0.3) is 0 Å². The Hall–Kier alpha value is -2.12. The predicted octanol–water partition coefficient (Wildman–Crippen LogP) is 5.54. The lowest BCUT2D eigenvalue weighted by molar-refractivity contribution is -0.0535. The van der Waals surface area contributed by atoms with Crippen LogP contribution in [0, 0.1) is 6.92 Å². The molecule has 2 rings (SSSR count). The minimum atomic E-state index is -0.915. The summed E-state index contributed by atoms with van der Waals surface area (Å²) in [4.78, 5) is 26.3. The number of amides is 2. The first-order chi connectivity index (χ1) is 16.4. The summed E-state index contributed by atoms with van der Waals surface area (Å²) in [5.74, 6) is -0.915. The molecule has 0 heterocycles. The summed E-state index contributed by atoms with van der Waals surface area (Å²) in [6.45, 7) is 10.3. The van der Waals surface area contributed by atoms with Gasteiger partial charge in [-0.1, -0.05) is 45.4 Å². The van der Waals surface area contributed by atoms with Crippen molar-refractivity contribution in [3.8, 4) is 0 Å². The average molecular weight is 477 g/mol. The van der Waals surface area contributed by atoms with Crippen LogP contribution in [0.5, 0.6) is 0 Å². The number of carbonyl (C=O) groups is 2. The molecule has 34 heavy (non-hydrogen) atoms. The van der Waals surface area contributed by atoms with E-state index in [1.54, 1.807) is 0 Å². The number of unbranched alkanes of at least 4 members (excludes halogenated alkanes) is 1. The summed E-state index contributed by atoms with van der Waals surface area (Å²) in [6.07, 6.45) is 7.79. The predicted molar refractivity (Wildman–Crippen MR) is 134 cm³/mol. The number of rotatable bonds is 14. The van der Waals surface area contributed by atoms with E-state index in [1.807, 2.05) is 30.0 Å². The van der Waals surface area contributed by atoms with Gasteiger partial charge in [0.15, 0.2) is 0 Å². The maximum Gasteiger partial charge on any atom is 0.336 e. The number of hydrogen-bond acceptors (Lipinski definition) is 4. The molecule has 7 nitrogen and oxygen atoms in total. The third-order valence-corrected chi connectivity index (χ3v) is 6.76. The standard InChI is InChI=1S/C27H44N2O5/c1-5-8-15-28-27(32)29(22(6-2)7-3)16-17-33-23-13-10-14-24(18-23)34-19-21-12-9-11-20(4)25(21)26(30)31/h9,11-12,22-24H,5-8,10,13-19H2,1-4H3,(H,28,32)(H,30,31). The fraction of sp³-hybridized carbons (Fsp3) is 0.704. The van der Waals surface area contributed by atoms with E-state index >= 15 is 0 Å². The Balaban J connectivity index is 1.85. The molecule has 1 aromatic rings. The molecule has 0 bridgehead atoms. The Kier molecular flexibility index (Phi) is 12.4. The molecule has 0 aliphatic heterocycles. The zero-order valence-corrected chi connectivity index (χ0v) is 21.5. The van der Waals surface area contributed by atoms with Gasteiger partial charge >= 0.3 is 12.0 Å². The summed E-state index contributed by atoms with van der Waals surface area (Å²) >= 11 is 0. The normalized spacial score (nSPS) is 18.1. The largest absolute Gasteiger partial charge is 0.478 e. The van der Waals surface area contributed by atoms with Crippen molar-refractivity contribution in [1.82, 2.24) is 10.2 Å². The van der Waals surface area contributed by atoms with E-state index in [9.17, 15) is 14.7 Å². The van der Waals surface area contributed by atoms with Crippen LogP contribution in [0.2, 0.25) is 0 Å². The van der Waals surface area contributed by atoms with Gasteiger partial charge in [-0.2, -0.15) is 0 Å². The number of benzene rings is 1. The van der Waals surface area contributed by atoms with Crippen LogP contribution in [-0.2, 0) is 16.1 Å². The molecule has 1 aromatic carbocycles. The van der Waals surface area contributed by atoms with Crippen LogP contribution in [0.15, 0.2) is 18.2 Å². The first kappa shape index (κ1) is 28.1. The summed E-state index contributed by atoms with van der Waals surface area (Å²) in [7, 11) is 0. The van der Waals surface area contributed by atoms with Crippen molar-refractivity contribution >= 4 is 12.0 Å². The second-order valence-electron chi connectivity index (χ2n) is 9.26. The lowest BCUT2D eigenvalue weighted by Crippen LogP contribution is -2.47. The molecule has 1 aliphatic carbocycles. The Labute approximate surface area is 205 Å². The van der Waals surface area contributed by atoms with E-state index in [2.05, 4.69) is 26.1 Å². The van der Waals surface area contributed by atoms with Crippen LogP contribution < -0.4 is 5.32 Å². The summed E-state index contributed by atoms with van der Waals surface area (Å²) in [5, 5.41) is 12.6. The van der Waals surface area contributed by atoms with Crippen molar-refractivity contribution < 1.29 is 24.2 Å². The molecular formula is C27H44N2O5. The van der Waals surface area contributed by atoms with Crippen molar-refractivity contribution in [2.45, 2.75) is 104 Å².